The molecular weight excluding hydrogens is 268 g/mol. The smallest absolute Gasteiger partial charge is 0.248 e. The lowest BCUT2D eigenvalue weighted by Crippen LogP contribution is -2.29. The van der Waals surface area contributed by atoms with Crippen LogP contribution in [0.3, 0.4) is 0 Å². The highest BCUT2D eigenvalue weighted by Crippen LogP contribution is 2.24. The van der Waals surface area contributed by atoms with Gasteiger partial charge in [-0.2, -0.15) is 4.31 Å². The molecule has 1 saturated heterocycles. The van der Waals surface area contributed by atoms with Crippen molar-refractivity contribution in [1.29, 1.82) is 0 Å². The Bertz CT molecular complexity index is 568. The van der Waals surface area contributed by atoms with Crippen LogP contribution in [0.1, 0.15) is 16.8 Å². The summed E-state index contributed by atoms with van der Waals surface area (Å²) in [7, 11) is -3.55. The number of sulfonamides is 1. The fourth-order valence-corrected chi connectivity index (χ4v) is 3.64. The van der Waals surface area contributed by atoms with Crippen molar-refractivity contribution in [2.75, 3.05) is 19.7 Å². The molecule has 1 aromatic rings. The summed E-state index contributed by atoms with van der Waals surface area (Å²) in [6, 6.07) is 5.55. The van der Waals surface area contributed by atoms with Crippen LogP contribution in [0.5, 0.6) is 0 Å². The van der Waals surface area contributed by atoms with Crippen LogP contribution in [0.2, 0.25) is 0 Å². The molecule has 1 fully saturated rings. The molecule has 2 rings (SSSR count). The van der Waals surface area contributed by atoms with Crippen molar-refractivity contribution in [1.82, 2.24) is 4.31 Å². The van der Waals surface area contributed by atoms with E-state index in [1.165, 1.54) is 28.6 Å². The van der Waals surface area contributed by atoms with Gasteiger partial charge in [0.2, 0.25) is 15.9 Å². The number of hydrogen-bond donors (Lipinski definition) is 2. The highest BCUT2D eigenvalue weighted by atomic mass is 32.2. The molecule has 0 spiro atoms. The molecular formula is C12H16N2O4S. The minimum Gasteiger partial charge on any atom is -0.396 e. The van der Waals surface area contributed by atoms with Gasteiger partial charge in [0.15, 0.2) is 0 Å². The molecule has 1 amide bonds. The number of nitrogens with two attached hydrogens (primary N) is 1. The Morgan fingerprint density at radius 3 is 2.47 bits per heavy atom. The molecule has 0 bridgehead atoms. The summed E-state index contributed by atoms with van der Waals surface area (Å²) in [6.45, 7) is 0.730. The van der Waals surface area contributed by atoms with Gasteiger partial charge >= 0.3 is 0 Å². The molecule has 0 radical (unpaired) electrons. The SMILES string of the molecule is NC(=O)c1ccc(S(=O)(=O)N2CCC(CO)C2)cc1. The maximum atomic E-state index is 12.3. The van der Waals surface area contributed by atoms with Crippen LogP contribution < -0.4 is 5.73 Å². The Balaban J connectivity index is 2.22. The van der Waals surface area contributed by atoms with E-state index in [1.54, 1.807) is 0 Å². The molecule has 104 valence electrons. The Labute approximate surface area is 111 Å². The first kappa shape index (κ1) is 14.0. The number of aliphatic hydroxyl groups excluding tert-OH is 1. The van der Waals surface area contributed by atoms with Crippen molar-refractivity contribution in [2.24, 2.45) is 11.7 Å². The zero-order valence-corrected chi connectivity index (χ0v) is 11.1. The molecule has 0 aliphatic carbocycles. The number of carbonyl (C=O) groups excluding carboxylic acids is 1. The molecule has 1 atom stereocenters. The molecule has 0 aromatic heterocycles. The molecule has 6 nitrogen and oxygen atoms in total. The standard InChI is InChI=1S/C12H16N2O4S/c13-12(16)10-1-3-11(4-2-10)19(17,18)14-6-5-9(7-14)8-15/h1-4,9,15H,5-8H2,(H2,13,16). The van der Waals surface area contributed by atoms with Gasteiger partial charge in [-0.1, -0.05) is 0 Å². The van der Waals surface area contributed by atoms with Crippen LogP contribution in [-0.2, 0) is 10.0 Å². The highest BCUT2D eigenvalue weighted by molar-refractivity contribution is 7.89. The van der Waals surface area contributed by atoms with Crippen LogP contribution in [-0.4, -0.2) is 43.4 Å². The first-order valence-electron chi connectivity index (χ1n) is 5.96. The number of carbonyl (C=O) groups is 1. The molecule has 1 aliphatic heterocycles. The molecule has 1 heterocycles. The van der Waals surface area contributed by atoms with E-state index < -0.39 is 15.9 Å². The molecule has 7 heteroatoms. The van der Waals surface area contributed by atoms with Gasteiger partial charge in [0.25, 0.3) is 0 Å². The fraction of sp³-hybridized carbons (Fsp3) is 0.417. The van der Waals surface area contributed by atoms with Crippen LogP contribution >= 0.6 is 0 Å². The lowest BCUT2D eigenvalue weighted by molar-refractivity contribution is 0.1000. The van der Waals surface area contributed by atoms with E-state index in [9.17, 15) is 13.2 Å². The number of benzene rings is 1. The number of amides is 1. The van der Waals surface area contributed by atoms with E-state index in [0.29, 0.717) is 19.5 Å². The molecule has 19 heavy (non-hydrogen) atoms. The van der Waals surface area contributed by atoms with Gasteiger partial charge in [-0.25, -0.2) is 8.42 Å². The summed E-state index contributed by atoms with van der Waals surface area (Å²) in [5.41, 5.74) is 5.38. The average Bonchev–Trinajstić information content (AvgIpc) is 2.88. The minimum atomic E-state index is -3.55. The predicted octanol–water partition coefficient (Wildman–Crippen LogP) is -0.212. The van der Waals surface area contributed by atoms with Crippen molar-refractivity contribution in [2.45, 2.75) is 11.3 Å². The van der Waals surface area contributed by atoms with Crippen LogP contribution in [0.25, 0.3) is 0 Å². The third-order valence-electron chi connectivity index (χ3n) is 3.28. The van der Waals surface area contributed by atoms with Crippen molar-refractivity contribution >= 4 is 15.9 Å². The summed E-state index contributed by atoms with van der Waals surface area (Å²) in [6.07, 6.45) is 0.662. The molecule has 1 aromatic carbocycles. The second-order valence-corrected chi connectivity index (χ2v) is 6.53. The molecule has 3 N–H and O–H groups in total. The molecule has 1 aliphatic rings. The maximum absolute atomic E-state index is 12.3. The molecule has 1 unspecified atom stereocenters. The van der Waals surface area contributed by atoms with E-state index in [1.807, 2.05) is 0 Å². The van der Waals surface area contributed by atoms with Crippen molar-refractivity contribution in [3.05, 3.63) is 29.8 Å². The van der Waals surface area contributed by atoms with E-state index >= 15 is 0 Å². The second kappa shape index (κ2) is 5.28. The summed E-state index contributed by atoms with van der Waals surface area (Å²) in [4.78, 5) is 11.1. The summed E-state index contributed by atoms with van der Waals surface area (Å²) in [5, 5.41) is 9.04. The Morgan fingerprint density at radius 2 is 2.00 bits per heavy atom. The predicted molar refractivity (Wildman–Crippen MR) is 68.9 cm³/mol. The van der Waals surface area contributed by atoms with Gasteiger partial charge in [0.1, 0.15) is 0 Å². The third-order valence-corrected chi connectivity index (χ3v) is 5.16. The van der Waals surface area contributed by atoms with Crippen LogP contribution in [0, 0.1) is 5.92 Å². The fourth-order valence-electron chi connectivity index (χ4n) is 2.10. The van der Waals surface area contributed by atoms with E-state index in [4.69, 9.17) is 10.8 Å². The van der Waals surface area contributed by atoms with Gasteiger partial charge in [-0.15, -0.1) is 0 Å². The topological polar surface area (TPSA) is 101 Å². The first-order valence-corrected chi connectivity index (χ1v) is 7.40. The lowest BCUT2D eigenvalue weighted by Gasteiger charge is -2.16. The average molecular weight is 284 g/mol. The number of aliphatic hydroxyl groups is 1. The van der Waals surface area contributed by atoms with E-state index in [-0.39, 0.29) is 23.0 Å². The third kappa shape index (κ3) is 2.78. The quantitative estimate of drug-likeness (QED) is 0.798. The second-order valence-electron chi connectivity index (χ2n) is 4.59. The number of nitrogens with zero attached hydrogens (tertiary/aromatic N) is 1. The minimum absolute atomic E-state index is 0.000308. The Kier molecular flexibility index (Phi) is 3.88. The van der Waals surface area contributed by atoms with Crippen molar-refractivity contribution in [3.8, 4) is 0 Å². The van der Waals surface area contributed by atoms with Gasteiger partial charge in [-0.05, 0) is 36.6 Å². The number of rotatable bonds is 4. The lowest BCUT2D eigenvalue weighted by atomic mass is 10.1. The van der Waals surface area contributed by atoms with Gasteiger partial charge in [0, 0.05) is 25.3 Å². The zero-order chi connectivity index (χ0) is 14.0. The summed E-state index contributed by atoms with van der Waals surface area (Å²) >= 11 is 0. The van der Waals surface area contributed by atoms with Crippen LogP contribution in [0.15, 0.2) is 29.2 Å². The normalized spacial score (nSPS) is 20.6. The number of primary amides is 1. The summed E-state index contributed by atoms with van der Waals surface area (Å²) < 4.78 is 26.0. The van der Waals surface area contributed by atoms with Gasteiger partial charge in [0.05, 0.1) is 4.90 Å². The van der Waals surface area contributed by atoms with E-state index in [2.05, 4.69) is 0 Å². The molecule has 0 saturated carbocycles. The van der Waals surface area contributed by atoms with Crippen LogP contribution in [0.4, 0.5) is 0 Å². The maximum Gasteiger partial charge on any atom is 0.248 e. The van der Waals surface area contributed by atoms with Gasteiger partial charge < -0.3 is 10.8 Å². The summed E-state index contributed by atoms with van der Waals surface area (Å²) in [5.74, 6) is -0.592. The van der Waals surface area contributed by atoms with E-state index in [0.717, 1.165) is 0 Å². The Hall–Kier alpha value is -1.44. The Morgan fingerprint density at radius 1 is 1.37 bits per heavy atom. The largest absolute Gasteiger partial charge is 0.396 e. The highest BCUT2D eigenvalue weighted by Gasteiger charge is 2.32. The van der Waals surface area contributed by atoms with Crippen molar-refractivity contribution < 1.29 is 18.3 Å². The first-order chi connectivity index (χ1) is 8.95. The zero-order valence-electron chi connectivity index (χ0n) is 10.3. The van der Waals surface area contributed by atoms with Gasteiger partial charge in [-0.3, -0.25) is 4.79 Å². The number of hydrogen-bond acceptors (Lipinski definition) is 4. The monoisotopic (exact) mass is 284 g/mol. The van der Waals surface area contributed by atoms with Crippen molar-refractivity contribution in [3.63, 3.8) is 0 Å².